The maximum absolute atomic E-state index is 13.6. The van der Waals surface area contributed by atoms with Gasteiger partial charge in [0.05, 0.1) is 36.6 Å². The molecule has 0 aliphatic carbocycles. The van der Waals surface area contributed by atoms with Gasteiger partial charge < -0.3 is 14.5 Å². The minimum Gasteiger partial charge on any atom is -0.493 e. The largest absolute Gasteiger partial charge is 0.493 e. The van der Waals surface area contributed by atoms with Crippen LogP contribution in [0.15, 0.2) is 54.7 Å². The molecule has 2 amide bonds. The minimum absolute atomic E-state index is 0.270. The van der Waals surface area contributed by atoms with Gasteiger partial charge in [0.1, 0.15) is 9.84 Å². The number of sulfone groups is 1. The van der Waals surface area contributed by atoms with Crippen molar-refractivity contribution in [2.75, 3.05) is 25.7 Å². The molecule has 1 atom stereocenters. The van der Waals surface area contributed by atoms with Crippen LogP contribution in [0.3, 0.4) is 0 Å². The van der Waals surface area contributed by atoms with Crippen LogP contribution in [-0.4, -0.2) is 55.8 Å². The number of nitrogens with one attached hydrogen (secondary N) is 1. The fourth-order valence-electron chi connectivity index (χ4n) is 4.26. The molecule has 8 nitrogen and oxygen atoms in total. The molecule has 0 saturated heterocycles. The SMILES string of the molecule is CCOc1cc(C(CS(C)(=O)=O)N2C(=O)c3cccc(Cc4ccc[nH]4)c3C2=O)ccc1OC. The van der Waals surface area contributed by atoms with E-state index in [2.05, 4.69) is 4.98 Å². The number of rotatable bonds is 9. The summed E-state index contributed by atoms with van der Waals surface area (Å²) < 4.78 is 35.7. The molecule has 0 fully saturated rings. The Kier molecular flexibility index (Phi) is 6.47. The number of hydrogen-bond acceptors (Lipinski definition) is 6. The quantitative estimate of drug-likeness (QED) is 0.469. The molecule has 2 heterocycles. The summed E-state index contributed by atoms with van der Waals surface area (Å²) in [4.78, 5) is 31.2. The number of imide groups is 1. The van der Waals surface area contributed by atoms with E-state index in [0.29, 0.717) is 41.2 Å². The molecule has 1 N–H and O–H groups in total. The fourth-order valence-corrected chi connectivity index (χ4v) is 5.18. The molecular weight excluding hydrogens is 456 g/mol. The Bertz CT molecular complexity index is 1330. The van der Waals surface area contributed by atoms with Gasteiger partial charge in [0.2, 0.25) is 0 Å². The number of aromatic nitrogens is 1. The first kappa shape index (κ1) is 23.6. The molecule has 34 heavy (non-hydrogen) atoms. The second kappa shape index (κ2) is 9.34. The van der Waals surface area contributed by atoms with E-state index in [9.17, 15) is 18.0 Å². The van der Waals surface area contributed by atoms with E-state index in [4.69, 9.17) is 9.47 Å². The molecular formula is C25H26N2O6S. The lowest BCUT2D eigenvalue weighted by molar-refractivity contribution is 0.0597. The predicted octanol–water partition coefficient (Wildman–Crippen LogP) is 3.39. The lowest BCUT2D eigenvalue weighted by Crippen LogP contribution is -2.37. The highest BCUT2D eigenvalue weighted by atomic mass is 32.2. The van der Waals surface area contributed by atoms with Crippen molar-refractivity contribution < 1.29 is 27.5 Å². The van der Waals surface area contributed by atoms with Gasteiger partial charge in [-0.1, -0.05) is 18.2 Å². The zero-order valence-electron chi connectivity index (χ0n) is 19.2. The summed E-state index contributed by atoms with van der Waals surface area (Å²) in [6.07, 6.45) is 3.32. The van der Waals surface area contributed by atoms with Crippen LogP contribution in [0.25, 0.3) is 0 Å². The smallest absolute Gasteiger partial charge is 0.262 e. The van der Waals surface area contributed by atoms with E-state index in [1.165, 1.54) is 7.11 Å². The van der Waals surface area contributed by atoms with Crippen LogP contribution in [0.5, 0.6) is 11.5 Å². The Balaban J connectivity index is 1.79. The van der Waals surface area contributed by atoms with Gasteiger partial charge in [-0.2, -0.15) is 0 Å². The van der Waals surface area contributed by atoms with Crippen LogP contribution < -0.4 is 9.47 Å². The summed E-state index contributed by atoms with van der Waals surface area (Å²) in [5.74, 6) is -0.563. The van der Waals surface area contributed by atoms with Crippen LogP contribution in [0, 0.1) is 0 Å². The number of nitrogens with zero attached hydrogens (tertiary/aromatic N) is 1. The van der Waals surface area contributed by atoms with Crippen molar-refractivity contribution in [2.24, 2.45) is 0 Å². The van der Waals surface area contributed by atoms with Crippen molar-refractivity contribution in [1.82, 2.24) is 9.88 Å². The summed E-state index contributed by atoms with van der Waals surface area (Å²) in [6.45, 7) is 2.18. The Morgan fingerprint density at radius 1 is 1.03 bits per heavy atom. The summed E-state index contributed by atoms with van der Waals surface area (Å²) in [5.41, 5.74) is 2.64. The fraction of sp³-hybridized carbons (Fsp3) is 0.280. The normalized spacial score (nSPS) is 14.3. The number of benzene rings is 2. The molecule has 0 spiro atoms. The number of fused-ring (bicyclic) bond motifs is 1. The molecule has 0 bridgehead atoms. The van der Waals surface area contributed by atoms with Crippen molar-refractivity contribution in [3.63, 3.8) is 0 Å². The van der Waals surface area contributed by atoms with Crippen LogP contribution in [0.2, 0.25) is 0 Å². The Morgan fingerprint density at radius 2 is 1.82 bits per heavy atom. The molecule has 1 aliphatic heterocycles. The molecule has 4 rings (SSSR count). The topological polar surface area (TPSA) is 106 Å². The molecule has 1 unspecified atom stereocenters. The number of aromatic amines is 1. The van der Waals surface area contributed by atoms with Gasteiger partial charge in [-0.15, -0.1) is 0 Å². The van der Waals surface area contributed by atoms with Gasteiger partial charge in [0.15, 0.2) is 11.5 Å². The van der Waals surface area contributed by atoms with Gasteiger partial charge >= 0.3 is 0 Å². The highest BCUT2D eigenvalue weighted by Crippen LogP contribution is 2.37. The summed E-state index contributed by atoms with van der Waals surface area (Å²) in [7, 11) is -2.06. The van der Waals surface area contributed by atoms with Crippen molar-refractivity contribution in [2.45, 2.75) is 19.4 Å². The zero-order chi connectivity index (χ0) is 24.5. The third-order valence-electron chi connectivity index (χ3n) is 5.72. The first-order chi connectivity index (χ1) is 16.2. The van der Waals surface area contributed by atoms with Crippen molar-refractivity contribution >= 4 is 21.7 Å². The number of carbonyl (C=O) groups is 2. The number of amides is 2. The van der Waals surface area contributed by atoms with Crippen molar-refractivity contribution in [1.29, 1.82) is 0 Å². The molecule has 178 valence electrons. The predicted molar refractivity (Wildman–Crippen MR) is 127 cm³/mol. The molecule has 9 heteroatoms. The highest BCUT2D eigenvalue weighted by Gasteiger charge is 2.43. The summed E-state index contributed by atoms with van der Waals surface area (Å²) in [6, 6.07) is 12.8. The maximum atomic E-state index is 13.6. The third kappa shape index (κ3) is 4.56. The lowest BCUT2D eigenvalue weighted by atomic mass is 9.99. The van der Waals surface area contributed by atoms with E-state index in [1.807, 2.05) is 19.1 Å². The number of ether oxygens (including phenoxy) is 2. The minimum atomic E-state index is -3.56. The molecule has 1 aliphatic rings. The van der Waals surface area contributed by atoms with Gasteiger partial charge in [0.25, 0.3) is 11.8 Å². The van der Waals surface area contributed by atoms with Crippen molar-refractivity contribution in [3.05, 3.63) is 82.7 Å². The second-order valence-electron chi connectivity index (χ2n) is 8.14. The first-order valence-corrected chi connectivity index (χ1v) is 12.9. The molecule has 1 aromatic heterocycles. The number of hydrogen-bond donors (Lipinski definition) is 1. The van der Waals surface area contributed by atoms with Crippen LogP contribution in [0.1, 0.15) is 50.5 Å². The number of H-pyrrole nitrogens is 1. The number of methoxy groups -OCH3 is 1. The average Bonchev–Trinajstić information content (AvgIpc) is 3.39. The average molecular weight is 483 g/mol. The lowest BCUT2D eigenvalue weighted by Gasteiger charge is -2.27. The third-order valence-corrected chi connectivity index (χ3v) is 6.64. The van der Waals surface area contributed by atoms with Crippen LogP contribution in [-0.2, 0) is 16.3 Å². The Labute approximate surface area is 198 Å². The first-order valence-electron chi connectivity index (χ1n) is 10.8. The van der Waals surface area contributed by atoms with E-state index in [0.717, 1.165) is 16.8 Å². The summed E-state index contributed by atoms with van der Waals surface area (Å²) in [5, 5.41) is 0. The standard InChI is InChI=1S/C25H26N2O6S/c1-4-33-22-14-16(10-11-21(22)32-2)20(15-34(3,30)31)27-24(28)19-9-5-7-17(23(19)25(27)29)13-18-8-6-12-26-18/h5-12,14,20,26H,4,13,15H2,1-3H3. The Hall–Kier alpha value is -3.59. The van der Waals surface area contributed by atoms with Gasteiger partial charge in [-0.05, 0) is 48.4 Å². The molecule has 2 aromatic carbocycles. The van der Waals surface area contributed by atoms with Crippen LogP contribution in [0.4, 0.5) is 0 Å². The molecule has 3 aromatic rings. The monoisotopic (exact) mass is 482 g/mol. The second-order valence-corrected chi connectivity index (χ2v) is 10.3. The van der Waals surface area contributed by atoms with Gasteiger partial charge in [-0.3, -0.25) is 14.5 Å². The highest BCUT2D eigenvalue weighted by molar-refractivity contribution is 7.90. The van der Waals surface area contributed by atoms with Crippen molar-refractivity contribution in [3.8, 4) is 11.5 Å². The van der Waals surface area contributed by atoms with E-state index in [-0.39, 0.29) is 5.56 Å². The zero-order valence-corrected chi connectivity index (χ0v) is 20.0. The number of carbonyl (C=O) groups excluding carboxylic acids is 2. The van der Waals surface area contributed by atoms with Crippen LogP contribution >= 0.6 is 0 Å². The van der Waals surface area contributed by atoms with E-state index in [1.54, 1.807) is 42.6 Å². The van der Waals surface area contributed by atoms with Gasteiger partial charge in [-0.25, -0.2) is 8.42 Å². The maximum Gasteiger partial charge on any atom is 0.262 e. The van der Waals surface area contributed by atoms with E-state index < -0.39 is 33.4 Å². The van der Waals surface area contributed by atoms with Gasteiger partial charge in [0, 0.05) is 24.6 Å². The molecule has 0 saturated carbocycles. The Morgan fingerprint density at radius 3 is 2.47 bits per heavy atom. The summed E-state index contributed by atoms with van der Waals surface area (Å²) >= 11 is 0. The molecule has 0 radical (unpaired) electrons. The van der Waals surface area contributed by atoms with E-state index >= 15 is 0 Å².